The van der Waals surface area contributed by atoms with Gasteiger partial charge in [-0.25, -0.2) is 0 Å². The number of rotatable bonds is 2. The van der Waals surface area contributed by atoms with Crippen molar-refractivity contribution in [3.05, 3.63) is 51.3 Å². The predicted molar refractivity (Wildman–Crippen MR) is 87.0 cm³/mol. The third-order valence-electron chi connectivity index (χ3n) is 3.02. The Hall–Kier alpha value is -2.51. The van der Waals surface area contributed by atoms with Gasteiger partial charge in [0.05, 0.1) is 5.69 Å². The maximum Gasteiger partial charge on any atom is 0.286 e. The second-order valence-electron chi connectivity index (χ2n) is 4.53. The molecule has 2 amide bonds. The molecule has 0 aliphatic carbocycles. The van der Waals surface area contributed by atoms with Gasteiger partial charge in [-0.3, -0.25) is 20.4 Å². The number of anilines is 1. The second kappa shape index (κ2) is 5.70. The van der Waals surface area contributed by atoms with Gasteiger partial charge in [0.1, 0.15) is 10.6 Å². The molecule has 2 heterocycles. The van der Waals surface area contributed by atoms with E-state index in [1.165, 1.54) is 11.3 Å². The molecule has 2 aromatic heterocycles. The number of hydrogen-bond acceptors (Lipinski definition) is 4. The van der Waals surface area contributed by atoms with Gasteiger partial charge in [-0.05, 0) is 35.7 Å². The van der Waals surface area contributed by atoms with Crippen molar-refractivity contribution in [2.45, 2.75) is 0 Å². The van der Waals surface area contributed by atoms with Gasteiger partial charge < -0.3 is 10.7 Å². The van der Waals surface area contributed by atoms with Crippen LogP contribution in [0.4, 0.5) is 5.69 Å². The van der Waals surface area contributed by atoms with Crippen molar-refractivity contribution in [1.29, 1.82) is 0 Å². The minimum absolute atomic E-state index is 0.316. The van der Waals surface area contributed by atoms with Gasteiger partial charge in [0.2, 0.25) is 0 Å². The normalized spacial score (nSPS) is 10.6. The van der Waals surface area contributed by atoms with Crippen molar-refractivity contribution >= 4 is 51.3 Å². The van der Waals surface area contributed by atoms with Crippen molar-refractivity contribution in [2.24, 2.45) is 0 Å². The molecule has 8 heteroatoms. The van der Waals surface area contributed by atoms with Gasteiger partial charge >= 0.3 is 0 Å². The van der Waals surface area contributed by atoms with Gasteiger partial charge in [0.15, 0.2) is 0 Å². The molecule has 3 aromatic rings. The van der Waals surface area contributed by atoms with Crippen molar-refractivity contribution in [3.8, 4) is 0 Å². The van der Waals surface area contributed by atoms with E-state index in [0.29, 0.717) is 21.3 Å². The van der Waals surface area contributed by atoms with Crippen molar-refractivity contribution in [1.82, 2.24) is 15.8 Å². The highest BCUT2D eigenvalue weighted by Crippen LogP contribution is 2.20. The molecule has 6 nitrogen and oxygen atoms in total. The monoisotopic (exact) mass is 334 g/mol. The van der Waals surface area contributed by atoms with Crippen LogP contribution in [0, 0.1) is 0 Å². The topological polar surface area (TPSA) is 100 Å². The summed E-state index contributed by atoms with van der Waals surface area (Å²) < 4.78 is 0. The van der Waals surface area contributed by atoms with Crippen LogP contribution in [0.3, 0.4) is 0 Å². The van der Waals surface area contributed by atoms with Crippen LogP contribution >= 0.6 is 22.9 Å². The van der Waals surface area contributed by atoms with E-state index in [2.05, 4.69) is 15.8 Å². The predicted octanol–water partition coefficient (Wildman–Crippen LogP) is 2.54. The lowest BCUT2D eigenvalue weighted by atomic mass is 10.2. The van der Waals surface area contributed by atoms with E-state index in [9.17, 15) is 9.59 Å². The molecule has 0 fully saturated rings. The number of carbonyl (C=O) groups is 2. The average molecular weight is 335 g/mol. The Bertz CT molecular complexity index is 871. The molecule has 0 bridgehead atoms. The molecule has 5 N–H and O–H groups in total. The van der Waals surface area contributed by atoms with Gasteiger partial charge in [0, 0.05) is 15.9 Å². The van der Waals surface area contributed by atoms with Crippen LogP contribution in [0.5, 0.6) is 0 Å². The van der Waals surface area contributed by atoms with Crippen molar-refractivity contribution < 1.29 is 9.59 Å². The number of nitrogens with two attached hydrogens (primary N) is 1. The van der Waals surface area contributed by atoms with E-state index < -0.39 is 11.8 Å². The third kappa shape index (κ3) is 2.76. The zero-order valence-electron chi connectivity index (χ0n) is 11.1. The minimum atomic E-state index is -0.462. The highest BCUT2D eigenvalue weighted by molar-refractivity contribution is 7.12. The number of hydrogen-bond donors (Lipinski definition) is 4. The summed E-state index contributed by atoms with van der Waals surface area (Å²) in [5.41, 5.74) is 11.8. The summed E-state index contributed by atoms with van der Waals surface area (Å²) in [5.74, 6) is -0.921. The minimum Gasteiger partial charge on any atom is -0.397 e. The van der Waals surface area contributed by atoms with Crippen LogP contribution in [0.1, 0.15) is 20.2 Å². The molecule has 0 atom stereocenters. The van der Waals surface area contributed by atoms with Crippen LogP contribution < -0.4 is 16.6 Å². The first-order valence-electron chi connectivity index (χ1n) is 6.26. The van der Waals surface area contributed by atoms with Crippen LogP contribution in [0.25, 0.3) is 10.9 Å². The van der Waals surface area contributed by atoms with Crippen LogP contribution in [0.15, 0.2) is 35.7 Å². The highest BCUT2D eigenvalue weighted by atomic mass is 35.5. The maximum absolute atomic E-state index is 12.0. The molecular weight excluding hydrogens is 324 g/mol. The Kier molecular flexibility index (Phi) is 3.74. The van der Waals surface area contributed by atoms with Crippen molar-refractivity contribution in [3.63, 3.8) is 0 Å². The van der Waals surface area contributed by atoms with E-state index >= 15 is 0 Å². The Morgan fingerprint density at radius 2 is 1.91 bits per heavy atom. The number of hydrazine groups is 1. The number of amides is 2. The molecule has 3 rings (SSSR count). The van der Waals surface area contributed by atoms with E-state index in [1.807, 2.05) is 0 Å². The fraction of sp³-hybridized carbons (Fsp3) is 0. The molecule has 0 radical (unpaired) electrons. The van der Waals surface area contributed by atoms with E-state index in [-0.39, 0.29) is 0 Å². The van der Waals surface area contributed by atoms with Crippen molar-refractivity contribution in [2.75, 3.05) is 5.73 Å². The Labute approximate surface area is 134 Å². The summed E-state index contributed by atoms with van der Waals surface area (Å²) in [5, 5.41) is 3.10. The van der Waals surface area contributed by atoms with Crippen LogP contribution in [0.2, 0.25) is 5.02 Å². The lowest BCUT2D eigenvalue weighted by Crippen LogP contribution is -2.41. The van der Waals surface area contributed by atoms with Gasteiger partial charge in [-0.15, -0.1) is 11.3 Å². The first-order valence-corrected chi connectivity index (χ1v) is 7.52. The molecule has 1 aromatic carbocycles. The summed E-state index contributed by atoms with van der Waals surface area (Å²) in [7, 11) is 0. The van der Waals surface area contributed by atoms with E-state index in [1.54, 1.807) is 35.7 Å². The maximum atomic E-state index is 12.0. The summed E-state index contributed by atoms with van der Waals surface area (Å²) in [4.78, 5) is 27.2. The standard InChI is InChI=1S/C14H11ClN4O2S/c15-8-1-2-10-7(5-8)6-11(17-10)13(20)18-19-14(21)12-9(16)3-4-22-12/h1-6,17H,16H2,(H,18,20)(H,19,21). The van der Waals surface area contributed by atoms with E-state index in [4.69, 9.17) is 17.3 Å². The number of carbonyl (C=O) groups excluding carboxylic acids is 2. The molecular formula is C14H11ClN4O2S. The fourth-order valence-electron chi connectivity index (χ4n) is 1.97. The molecule has 22 heavy (non-hydrogen) atoms. The number of aromatic amines is 1. The number of fused-ring (bicyclic) bond motifs is 1. The number of H-pyrrole nitrogens is 1. The highest BCUT2D eigenvalue weighted by Gasteiger charge is 2.14. The Balaban J connectivity index is 1.71. The van der Waals surface area contributed by atoms with Crippen LogP contribution in [-0.2, 0) is 0 Å². The van der Waals surface area contributed by atoms with E-state index in [0.717, 1.165) is 10.9 Å². The largest absolute Gasteiger partial charge is 0.397 e. The van der Waals surface area contributed by atoms with Crippen LogP contribution in [-0.4, -0.2) is 16.8 Å². The summed E-state index contributed by atoms with van der Waals surface area (Å²) in [6, 6.07) is 8.53. The number of nitrogens with one attached hydrogen (secondary N) is 3. The first kappa shape index (κ1) is 14.4. The summed E-state index contributed by atoms with van der Waals surface area (Å²) in [6.07, 6.45) is 0. The third-order valence-corrected chi connectivity index (χ3v) is 4.18. The van der Waals surface area contributed by atoms with Gasteiger partial charge in [0.25, 0.3) is 11.8 Å². The Morgan fingerprint density at radius 3 is 2.64 bits per heavy atom. The SMILES string of the molecule is Nc1ccsc1C(=O)NNC(=O)c1cc2cc(Cl)ccc2[nH]1. The molecule has 0 aliphatic rings. The number of benzene rings is 1. The molecule has 0 aliphatic heterocycles. The second-order valence-corrected chi connectivity index (χ2v) is 5.88. The number of aromatic nitrogens is 1. The summed E-state index contributed by atoms with van der Waals surface area (Å²) >= 11 is 7.10. The summed E-state index contributed by atoms with van der Waals surface area (Å²) in [6.45, 7) is 0. The zero-order valence-corrected chi connectivity index (χ0v) is 12.7. The first-order chi connectivity index (χ1) is 10.5. The zero-order chi connectivity index (χ0) is 15.7. The molecule has 0 saturated carbocycles. The van der Waals surface area contributed by atoms with Gasteiger partial charge in [-0.2, -0.15) is 0 Å². The molecule has 0 unspecified atom stereocenters. The smallest absolute Gasteiger partial charge is 0.286 e. The number of thiophene rings is 1. The molecule has 0 saturated heterocycles. The number of nitrogen functional groups attached to an aromatic ring is 1. The lowest BCUT2D eigenvalue weighted by molar-refractivity contribution is 0.0847. The lowest BCUT2D eigenvalue weighted by Gasteiger charge is -2.05. The number of halogens is 1. The molecule has 112 valence electrons. The van der Waals surface area contributed by atoms with Gasteiger partial charge in [-0.1, -0.05) is 11.6 Å². The average Bonchev–Trinajstić information content (AvgIpc) is 3.09. The quantitative estimate of drug-likeness (QED) is 0.542. The Morgan fingerprint density at radius 1 is 1.14 bits per heavy atom. The molecule has 0 spiro atoms. The fourth-order valence-corrected chi connectivity index (χ4v) is 2.86.